The van der Waals surface area contributed by atoms with Crippen LogP contribution in [0.15, 0.2) is 24.3 Å². The lowest BCUT2D eigenvalue weighted by molar-refractivity contribution is -0.143. The van der Waals surface area contributed by atoms with E-state index >= 15 is 0 Å². The van der Waals surface area contributed by atoms with Crippen molar-refractivity contribution in [1.82, 2.24) is 10.3 Å². The fourth-order valence-corrected chi connectivity index (χ4v) is 2.40. The molecule has 0 radical (unpaired) electrons. The number of aliphatic carboxylic acids is 1. The van der Waals surface area contributed by atoms with Gasteiger partial charge in [0.1, 0.15) is 11.4 Å². The molecule has 0 spiro atoms. The molecule has 1 aliphatic carbocycles. The van der Waals surface area contributed by atoms with E-state index in [9.17, 15) is 14.0 Å². The predicted molar refractivity (Wildman–Crippen MR) is 82.9 cm³/mol. The zero-order valence-corrected chi connectivity index (χ0v) is 12.9. The van der Waals surface area contributed by atoms with Gasteiger partial charge in [-0.05, 0) is 51.0 Å². The van der Waals surface area contributed by atoms with Gasteiger partial charge in [-0.3, -0.25) is 9.78 Å². The Morgan fingerprint density at radius 2 is 2.00 bits per heavy atom. The van der Waals surface area contributed by atoms with Crippen LogP contribution in [0.1, 0.15) is 48.7 Å². The molecule has 0 aliphatic heterocycles. The van der Waals surface area contributed by atoms with Crippen LogP contribution in [-0.2, 0) is 4.79 Å². The number of nitrogens with zero attached hydrogens (tertiary/aromatic N) is 1. The molecule has 2 aromatic rings. The maximum atomic E-state index is 13.6. The van der Waals surface area contributed by atoms with E-state index in [0.29, 0.717) is 16.8 Å². The molecule has 0 unspecified atom stereocenters. The van der Waals surface area contributed by atoms with Gasteiger partial charge < -0.3 is 10.4 Å². The third-order valence-corrected chi connectivity index (χ3v) is 3.99. The number of carboxylic acid groups (broad SMARTS) is 1. The summed E-state index contributed by atoms with van der Waals surface area (Å²) in [6, 6.07) is 5.74. The van der Waals surface area contributed by atoms with E-state index in [1.807, 2.05) is 0 Å². The van der Waals surface area contributed by atoms with E-state index in [1.54, 1.807) is 6.07 Å². The minimum absolute atomic E-state index is 0.255. The van der Waals surface area contributed by atoms with Gasteiger partial charge in [0, 0.05) is 17.0 Å². The topological polar surface area (TPSA) is 79.3 Å². The molecule has 2 N–H and O–H groups in total. The lowest BCUT2D eigenvalue weighted by Gasteiger charge is -2.21. The molecule has 3 rings (SSSR count). The van der Waals surface area contributed by atoms with Crippen LogP contribution >= 0.6 is 0 Å². The van der Waals surface area contributed by atoms with Crippen LogP contribution in [0.5, 0.6) is 0 Å². The highest BCUT2D eigenvalue weighted by Gasteiger charge is 2.31. The zero-order chi connectivity index (χ0) is 16.8. The molecule has 120 valence electrons. The second-order valence-corrected chi connectivity index (χ2v) is 6.41. The normalized spacial score (nSPS) is 14.7. The smallest absolute Gasteiger partial charge is 0.328 e. The van der Waals surface area contributed by atoms with Gasteiger partial charge in [0.15, 0.2) is 0 Å². The molecule has 23 heavy (non-hydrogen) atoms. The first-order valence-corrected chi connectivity index (χ1v) is 7.44. The fraction of sp³-hybridized carbons (Fsp3) is 0.353. The molecule has 1 saturated carbocycles. The molecule has 1 heterocycles. The van der Waals surface area contributed by atoms with Crippen molar-refractivity contribution in [3.8, 4) is 0 Å². The number of carboxylic acids is 1. The van der Waals surface area contributed by atoms with Gasteiger partial charge in [-0.15, -0.1) is 0 Å². The fourth-order valence-electron chi connectivity index (χ4n) is 2.40. The van der Waals surface area contributed by atoms with Crippen molar-refractivity contribution >= 4 is 22.8 Å². The van der Waals surface area contributed by atoms with Crippen LogP contribution in [0, 0.1) is 5.82 Å². The molecule has 6 heteroatoms. The number of rotatable bonds is 4. The maximum absolute atomic E-state index is 13.6. The molecule has 0 bridgehead atoms. The van der Waals surface area contributed by atoms with Crippen molar-refractivity contribution in [2.45, 2.75) is 38.1 Å². The summed E-state index contributed by atoms with van der Waals surface area (Å²) in [6.45, 7) is 2.80. The number of amides is 1. The average molecular weight is 316 g/mol. The highest BCUT2D eigenvalue weighted by atomic mass is 19.1. The average Bonchev–Trinajstić information content (AvgIpc) is 3.30. The number of pyridine rings is 1. The number of halogens is 1. The summed E-state index contributed by atoms with van der Waals surface area (Å²) >= 11 is 0. The van der Waals surface area contributed by atoms with Crippen molar-refractivity contribution in [2.75, 3.05) is 0 Å². The number of nitrogens with one attached hydrogen (secondary N) is 1. The first-order chi connectivity index (χ1) is 10.8. The van der Waals surface area contributed by atoms with Gasteiger partial charge in [0.2, 0.25) is 0 Å². The van der Waals surface area contributed by atoms with Crippen molar-refractivity contribution < 1.29 is 19.1 Å². The van der Waals surface area contributed by atoms with E-state index in [4.69, 9.17) is 5.11 Å². The van der Waals surface area contributed by atoms with Gasteiger partial charge in [-0.2, -0.15) is 0 Å². The van der Waals surface area contributed by atoms with Crippen molar-refractivity contribution in [1.29, 1.82) is 0 Å². The van der Waals surface area contributed by atoms with E-state index in [0.717, 1.165) is 18.5 Å². The second-order valence-electron chi connectivity index (χ2n) is 6.41. The van der Waals surface area contributed by atoms with E-state index in [-0.39, 0.29) is 5.56 Å². The third kappa shape index (κ3) is 3.02. The molecule has 1 amide bonds. The third-order valence-electron chi connectivity index (χ3n) is 3.99. The Morgan fingerprint density at radius 1 is 1.30 bits per heavy atom. The number of fused-ring (bicyclic) bond motifs is 1. The molecule has 1 aliphatic rings. The number of carbonyl (C=O) groups is 2. The lowest BCUT2D eigenvalue weighted by atomic mass is 10.0. The molecule has 5 nitrogen and oxygen atoms in total. The summed E-state index contributed by atoms with van der Waals surface area (Å²) in [5.74, 6) is -1.83. The van der Waals surface area contributed by atoms with Crippen LogP contribution in [0.4, 0.5) is 4.39 Å². The number of carbonyl (C=O) groups excluding carboxylic acids is 1. The van der Waals surface area contributed by atoms with Crippen molar-refractivity contribution in [3.05, 3.63) is 41.3 Å². The standard InChI is InChI=1S/C17H17FN2O3/c1-17(2,16(22)23)20-15(21)12-8-14(9-3-4-9)19-13-6-5-10(18)7-11(12)13/h5-9H,3-4H2,1-2H3,(H,20,21)(H,22,23). The SMILES string of the molecule is CC(C)(NC(=O)c1cc(C2CC2)nc2ccc(F)cc12)C(=O)O. The zero-order valence-electron chi connectivity index (χ0n) is 12.9. The second kappa shape index (κ2) is 5.30. The van der Waals surface area contributed by atoms with Crippen LogP contribution in [0.25, 0.3) is 10.9 Å². The van der Waals surface area contributed by atoms with Gasteiger partial charge in [0.05, 0.1) is 11.1 Å². The Hall–Kier alpha value is -2.50. The number of benzene rings is 1. The number of hydrogen-bond donors (Lipinski definition) is 2. The summed E-state index contributed by atoms with van der Waals surface area (Å²) in [4.78, 5) is 28.3. The number of hydrogen-bond acceptors (Lipinski definition) is 3. The Bertz CT molecular complexity index is 813. The first-order valence-electron chi connectivity index (χ1n) is 7.44. The monoisotopic (exact) mass is 316 g/mol. The molecule has 0 saturated heterocycles. The van der Waals surface area contributed by atoms with E-state index in [1.165, 1.54) is 32.0 Å². The summed E-state index contributed by atoms with van der Waals surface area (Å²) in [7, 11) is 0. The maximum Gasteiger partial charge on any atom is 0.328 e. The molecule has 0 atom stereocenters. The van der Waals surface area contributed by atoms with Crippen LogP contribution < -0.4 is 5.32 Å². The minimum atomic E-state index is -1.42. The van der Waals surface area contributed by atoms with E-state index < -0.39 is 23.2 Å². The predicted octanol–water partition coefficient (Wildman–Crippen LogP) is 2.84. The van der Waals surface area contributed by atoms with Crippen molar-refractivity contribution in [2.24, 2.45) is 0 Å². The van der Waals surface area contributed by atoms with Gasteiger partial charge >= 0.3 is 5.97 Å². The summed E-state index contributed by atoms with van der Waals surface area (Å²) < 4.78 is 13.6. The van der Waals surface area contributed by atoms with Gasteiger partial charge in [-0.25, -0.2) is 9.18 Å². The molecular formula is C17H17FN2O3. The van der Waals surface area contributed by atoms with E-state index in [2.05, 4.69) is 10.3 Å². The van der Waals surface area contributed by atoms with Gasteiger partial charge in [0.25, 0.3) is 5.91 Å². The first kappa shape index (κ1) is 15.4. The molecule has 1 aromatic heterocycles. The molecular weight excluding hydrogens is 299 g/mol. The van der Waals surface area contributed by atoms with Gasteiger partial charge in [-0.1, -0.05) is 0 Å². The highest BCUT2D eigenvalue weighted by Crippen LogP contribution is 2.40. The van der Waals surface area contributed by atoms with Crippen LogP contribution in [0.3, 0.4) is 0 Å². The Morgan fingerprint density at radius 3 is 2.61 bits per heavy atom. The Kier molecular flexibility index (Phi) is 3.55. The largest absolute Gasteiger partial charge is 0.480 e. The van der Waals surface area contributed by atoms with Crippen molar-refractivity contribution in [3.63, 3.8) is 0 Å². The minimum Gasteiger partial charge on any atom is -0.480 e. The quantitative estimate of drug-likeness (QED) is 0.909. The Labute approximate surface area is 132 Å². The highest BCUT2D eigenvalue weighted by molar-refractivity contribution is 6.07. The summed E-state index contributed by atoms with van der Waals surface area (Å²) in [6.07, 6.45) is 2.03. The van der Waals surface area contributed by atoms with Crippen LogP contribution in [0.2, 0.25) is 0 Å². The van der Waals surface area contributed by atoms with Crippen LogP contribution in [-0.4, -0.2) is 27.5 Å². The summed E-state index contributed by atoms with van der Waals surface area (Å²) in [5.41, 5.74) is 0.168. The Balaban J connectivity index is 2.08. The number of aromatic nitrogens is 1. The lowest BCUT2D eigenvalue weighted by Crippen LogP contribution is -2.49. The molecule has 1 aromatic carbocycles. The molecule has 1 fully saturated rings. The summed E-state index contributed by atoms with van der Waals surface area (Å²) in [5, 5.41) is 12.0.